The Kier molecular flexibility index (Phi) is 5.14. The molecule has 3 nitrogen and oxygen atoms in total. The second kappa shape index (κ2) is 9.14. The second-order valence-corrected chi connectivity index (χ2v) is 12.1. The Morgan fingerprint density at radius 3 is 1.67 bits per heavy atom. The van der Waals surface area contributed by atoms with Gasteiger partial charge < -0.3 is 0 Å². The Bertz CT molecular complexity index is 2350. The zero-order chi connectivity index (χ0) is 30.3. The van der Waals surface area contributed by atoms with Crippen LogP contribution in [-0.4, -0.2) is 0 Å². The van der Waals surface area contributed by atoms with Crippen molar-refractivity contribution in [2.75, 3.05) is 0 Å². The van der Waals surface area contributed by atoms with Gasteiger partial charge in [-0.25, -0.2) is 0 Å². The zero-order valence-corrected chi connectivity index (χ0v) is 24.1. The number of hydrogen-bond acceptors (Lipinski definition) is 3. The van der Waals surface area contributed by atoms with Crippen LogP contribution in [0.4, 0.5) is 0 Å². The van der Waals surface area contributed by atoms with E-state index in [0.717, 1.165) is 50.1 Å². The van der Waals surface area contributed by atoms with Gasteiger partial charge in [0.1, 0.15) is 0 Å². The van der Waals surface area contributed by atoms with Crippen LogP contribution in [0.15, 0.2) is 127 Å². The Labute approximate surface area is 261 Å². The summed E-state index contributed by atoms with van der Waals surface area (Å²) in [6.45, 7) is 0. The van der Waals surface area contributed by atoms with E-state index in [4.69, 9.17) is 0 Å². The highest BCUT2D eigenvalue weighted by molar-refractivity contribution is 5.91. The number of nitrogens with zero attached hydrogens (tertiary/aromatic N) is 3. The van der Waals surface area contributed by atoms with E-state index in [0.29, 0.717) is 16.7 Å². The molecule has 0 aliphatic heterocycles. The first-order chi connectivity index (χ1) is 22.2. The molecule has 0 bridgehead atoms. The van der Waals surface area contributed by atoms with Crippen molar-refractivity contribution >= 4 is 0 Å². The zero-order valence-electron chi connectivity index (χ0n) is 24.1. The Balaban J connectivity index is 1.38. The largest absolute Gasteiger partial charge is 0.192 e. The molecule has 0 amide bonds. The molecule has 0 heterocycles. The predicted octanol–water partition coefficient (Wildman–Crippen LogP) is 9.19. The lowest BCUT2D eigenvalue weighted by Crippen LogP contribution is -2.53. The Hall–Kier alpha value is -6.21. The quantitative estimate of drug-likeness (QED) is 0.213. The smallest absolute Gasteiger partial charge is 0.0998 e. The standard InChI is InChI=1S/C42H23N3/c43-22-28-16-17-35-39(37(28)27-14-8-3-9-15-27)41-33-19-30(23-44)32(26-12-6-2-7-13-26)21-34(33)40-38-31(24-45)18-29(20-36(38)42(35,40)41)25-10-4-1-5-11-25/h1-21,40-41H. The van der Waals surface area contributed by atoms with E-state index in [1.165, 1.54) is 16.7 Å². The molecule has 206 valence electrons. The van der Waals surface area contributed by atoms with Crippen LogP contribution in [-0.2, 0) is 5.41 Å². The maximum atomic E-state index is 10.5. The minimum absolute atomic E-state index is 0.0220. The molecule has 0 saturated heterocycles. The molecule has 45 heavy (non-hydrogen) atoms. The van der Waals surface area contributed by atoms with Crippen LogP contribution in [0.5, 0.6) is 0 Å². The summed E-state index contributed by atoms with van der Waals surface area (Å²) in [7, 11) is 0. The van der Waals surface area contributed by atoms with Crippen LogP contribution in [0.2, 0.25) is 0 Å². The van der Waals surface area contributed by atoms with Crippen molar-refractivity contribution < 1.29 is 0 Å². The molecule has 1 spiro atoms. The lowest BCUT2D eigenvalue weighted by molar-refractivity contribution is 0.333. The van der Waals surface area contributed by atoms with Crippen LogP contribution >= 0.6 is 0 Å². The molecule has 0 saturated carbocycles. The fraction of sp³-hybridized carbons (Fsp3) is 0.0714. The average Bonchev–Trinajstić information content (AvgIpc) is 3.30. The number of benzene rings is 6. The molecule has 6 aromatic rings. The molecule has 3 atom stereocenters. The van der Waals surface area contributed by atoms with Crippen LogP contribution in [0.1, 0.15) is 61.9 Å². The van der Waals surface area contributed by atoms with Gasteiger partial charge in [-0.2, -0.15) is 15.8 Å². The van der Waals surface area contributed by atoms with Gasteiger partial charge in [0.15, 0.2) is 0 Å². The Morgan fingerprint density at radius 1 is 0.444 bits per heavy atom. The topological polar surface area (TPSA) is 71.4 Å². The number of hydrogen-bond donors (Lipinski definition) is 0. The summed E-state index contributed by atoms with van der Waals surface area (Å²) in [6, 6.07) is 50.7. The molecule has 3 aliphatic rings. The van der Waals surface area contributed by atoms with Gasteiger partial charge in [0.05, 0.1) is 34.9 Å². The molecule has 9 rings (SSSR count). The molecule has 3 heteroatoms. The van der Waals surface area contributed by atoms with Crippen LogP contribution < -0.4 is 0 Å². The van der Waals surface area contributed by atoms with E-state index in [9.17, 15) is 15.8 Å². The SMILES string of the molecule is N#Cc1cc2c(cc1-c1ccccc1)C1c3c(C#N)cc(-c4ccccc4)cc3C13c1ccc(C#N)c(-c4ccccc4)c1C23. The van der Waals surface area contributed by atoms with E-state index < -0.39 is 0 Å². The highest BCUT2D eigenvalue weighted by Crippen LogP contribution is 2.79. The minimum Gasteiger partial charge on any atom is -0.192 e. The van der Waals surface area contributed by atoms with E-state index in [2.05, 4.69) is 66.7 Å². The van der Waals surface area contributed by atoms with Crippen molar-refractivity contribution in [2.24, 2.45) is 0 Å². The van der Waals surface area contributed by atoms with Gasteiger partial charge in [0.2, 0.25) is 0 Å². The first kappa shape index (κ1) is 25.3. The van der Waals surface area contributed by atoms with E-state index >= 15 is 0 Å². The van der Waals surface area contributed by atoms with Crippen molar-refractivity contribution in [3.8, 4) is 51.6 Å². The minimum atomic E-state index is -0.372. The van der Waals surface area contributed by atoms with Gasteiger partial charge in [0, 0.05) is 22.8 Å². The lowest BCUT2D eigenvalue weighted by atomic mass is 9.41. The molecule has 0 aromatic heterocycles. The third kappa shape index (κ3) is 3.11. The van der Waals surface area contributed by atoms with Gasteiger partial charge >= 0.3 is 0 Å². The number of rotatable bonds is 3. The maximum absolute atomic E-state index is 10.5. The molecule has 6 aromatic carbocycles. The second-order valence-electron chi connectivity index (χ2n) is 12.1. The summed E-state index contributed by atoms with van der Waals surface area (Å²) in [4.78, 5) is 0. The molecule has 0 radical (unpaired) electrons. The third-order valence-electron chi connectivity index (χ3n) is 10.3. The van der Waals surface area contributed by atoms with Crippen molar-refractivity contribution in [3.05, 3.63) is 177 Å². The van der Waals surface area contributed by atoms with Gasteiger partial charge in [0.25, 0.3) is 0 Å². The molecule has 3 unspecified atom stereocenters. The summed E-state index contributed by atoms with van der Waals surface area (Å²) in [6.07, 6.45) is 0. The third-order valence-corrected chi connectivity index (χ3v) is 10.3. The fourth-order valence-electron chi connectivity index (χ4n) is 8.60. The molecule has 0 fully saturated rings. The van der Waals surface area contributed by atoms with Gasteiger partial charge in [-0.3, -0.25) is 0 Å². The monoisotopic (exact) mass is 569 g/mol. The number of fused-ring (bicyclic) bond motifs is 7. The number of nitriles is 3. The van der Waals surface area contributed by atoms with Crippen molar-refractivity contribution in [1.29, 1.82) is 15.8 Å². The molecule has 3 aliphatic carbocycles. The van der Waals surface area contributed by atoms with Gasteiger partial charge in [-0.15, -0.1) is 0 Å². The van der Waals surface area contributed by atoms with E-state index in [1.807, 2.05) is 78.9 Å². The van der Waals surface area contributed by atoms with Crippen molar-refractivity contribution in [3.63, 3.8) is 0 Å². The van der Waals surface area contributed by atoms with Crippen LogP contribution in [0, 0.1) is 34.0 Å². The Morgan fingerprint density at radius 2 is 1.02 bits per heavy atom. The molecular weight excluding hydrogens is 546 g/mol. The van der Waals surface area contributed by atoms with Gasteiger partial charge in [-0.05, 0) is 91.5 Å². The van der Waals surface area contributed by atoms with Crippen LogP contribution in [0.3, 0.4) is 0 Å². The first-order valence-corrected chi connectivity index (χ1v) is 15.1. The fourth-order valence-corrected chi connectivity index (χ4v) is 8.60. The first-order valence-electron chi connectivity index (χ1n) is 15.1. The molecular formula is C42H23N3. The highest BCUT2D eigenvalue weighted by Gasteiger charge is 2.71. The lowest BCUT2D eigenvalue weighted by Gasteiger charge is -2.59. The van der Waals surface area contributed by atoms with E-state index in [1.54, 1.807) is 0 Å². The summed E-state index contributed by atoms with van der Waals surface area (Å²) in [5.41, 5.74) is 14.5. The normalized spacial score (nSPS) is 19.1. The van der Waals surface area contributed by atoms with E-state index in [-0.39, 0.29) is 17.3 Å². The molecule has 0 N–H and O–H groups in total. The van der Waals surface area contributed by atoms with Crippen molar-refractivity contribution in [1.82, 2.24) is 0 Å². The predicted molar refractivity (Wildman–Crippen MR) is 174 cm³/mol. The van der Waals surface area contributed by atoms with Crippen molar-refractivity contribution in [2.45, 2.75) is 17.3 Å². The van der Waals surface area contributed by atoms with Crippen LogP contribution in [0.25, 0.3) is 33.4 Å². The summed E-state index contributed by atoms with van der Waals surface area (Å²) >= 11 is 0. The average molecular weight is 570 g/mol. The van der Waals surface area contributed by atoms with Gasteiger partial charge in [-0.1, -0.05) is 97.1 Å². The summed E-state index contributed by atoms with van der Waals surface area (Å²) < 4.78 is 0. The maximum Gasteiger partial charge on any atom is 0.0998 e. The summed E-state index contributed by atoms with van der Waals surface area (Å²) in [5, 5.41) is 31.2. The summed E-state index contributed by atoms with van der Waals surface area (Å²) in [5.74, 6) is -0.0655. The highest BCUT2D eigenvalue weighted by atomic mass is 14.7.